The van der Waals surface area contributed by atoms with Crippen LogP contribution in [0.3, 0.4) is 0 Å². The Labute approximate surface area is 195 Å². The van der Waals surface area contributed by atoms with Crippen molar-refractivity contribution < 1.29 is 4.79 Å². The number of nitrogens with one attached hydrogen (secondary N) is 2. The highest BCUT2D eigenvalue weighted by Gasteiger charge is 2.33. The van der Waals surface area contributed by atoms with E-state index in [1.165, 1.54) is 6.08 Å². The fraction of sp³-hybridized carbons (Fsp3) is 0.0870. The van der Waals surface area contributed by atoms with E-state index in [0.29, 0.717) is 11.4 Å². The van der Waals surface area contributed by atoms with Gasteiger partial charge in [-0.15, -0.1) is 0 Å². The lowest BCUT2D eigenvalue weighted by molar-refractivity contribution is -0.116. The molecule has 0 aliphatic carbocycles. The first-order valence-electron chi connectivity index (χ1n) is 9.34. The molecule has 158 valence electrons. The quantitative estimate of drug-likeness (QED) is 0.167. The van der Waals surface area contributed by atoms with E-state index in [1.54, 1.807) is 30.3 Å². The number of halogens is 3. The lowest BCUT2D eigenvalue weighted by atomic mass is 10.2. The molecule has 3 rings (SSSR count). The smallest absolute Gasteiger partial charge is 0.245 e. The van der Waals surface area contributed by atoms with Crippen LogP contribution in [-0.2, 0) is 4.79 Å². The van der Waals surface area contributed by atoms with Crippen molar-refractivity contribution in [3.63, 3.8) is 0 Å². The molecule has 0 unspecified atom stereocenters. The third kappa shape index (κ3) is 7.72. The Bertz CT molecular complexity index is 1030. The minimum Gasteiger partial charge on any atom is -0.362 e. The van der Waals surface area contributed by atoms with E-state index in [4.69, 9.17) is 34.8 Å². The fourth-order valence-corrected chi connectivity index (χ4v) is 2.85. The van der Waals surface area contributed by atoms with Gasteiger partial charge in [0.15, 0.2) is 0 Å². The molecule has 0 aromatic heterocycles. The summed E-state index contributed by atoms with van der Waals surface area (Å²) in [4.78, 5) is 12.3. The van der Waals surface area contributed by atoms with Crippen LogP contribution in [-0.4, -0.2) is 15.9 Å². The lowest BCUT2D eigenvalue weighted by Crippen LogP contribution is -2.48. The number of anilines is 1. The van der Waals surface area contributed by atoms with Crippen molar-refractivity contribution in [3.05, 3.63) is 96.6 Å². The number of nitrogens with zero attached hydrogens (tertiary/aromatic N) is 2. The molecule has 0 heterocycles. The summed E-state index contributed by atoms with van der Waals surface area (Å²) in [5, 5.41) is 14.0. The fourth-order valence-electron chi connectivity index (χ4n) is 2.53. The molecular formula is C23H19Cl3N4O. The molecular weight excluding hydrogens is 455 g/mol. The van der Waals surface area contributed by atoms with Crippen molar-refractivity contribution in [1.82, 2.24) is 5.32 Å². The van der Waals surface area contributed by atoms with Crippen LogP contribution in [0.4, 0.5) is 17.1 Å². The molecule has 5 nitrogen and oxygen atoms in total. The number of alkyl halides is 3. The average molecular weight is 474 g/mol. The van der Waals surface area contributed by atoms with Gasteiger partial charge in [-0.1, -0.05) is 83.3 Å². The molecule has 2 N–H and O–H groups in total. The molecule has 0 radical (unpaired) electrons. The second-order valence-corrected chi connectivity index (χ2v) is 8.82. The van der Waals surface area contributed by atoms with Crippen molar-refractivity contribution in [2.45, 2.75) is 9.96 Å². The first-order valence-corrected chi connectivity index (χ1v) is 10.5. The number of benzene rings is 3. The SMILES string of the molecule is O=C(/C=C\c1ccccc1)N[C@H](Nc1ccc(N=Nc2ccccc2)cc1)C(Cl)(Cl)Cl. The number of carbonyl (C=O) groups excluding carboxylic acids is 1. The molecule has 0 bridgehead atoms. The van der Waals surface area contributed by atoms with Gasteiger partial charge in [0.1, 0.15) is 6.17 Å². The largest absolute Gasteiger partial charge is 0.362 e. The summed E-state index contributed by atoms with van der Waals surface area (Å²) in [6.45, 7) is 0. The summed E-state index contributed by atoms with van der Waals surface area (Å²) in [6, 6.07) is 25.9. The zero-order valence-electron chi connectivity index (χ0n) is 16.3. The van der Waals surface area contributed by atoms with Crippen LogP contribution in [0.2, 0.25) is 0 Å². The van der Waals surface area contributed by atoms with Crippen molar-refractivity contribution in [2.24, 2.45) is 10.2 Å². The molecule has 3 aromatic rings. The topological polar surface area (TPSA) is 65.8 Å². The third-order valence-electron chi connectivity index (χ3n) is 4.06. The Balaban J connectivity index is 1.63. The molecule has 0 spiro atoms. The van der Waals surface area contributed by atoms with Gasteiger partial charge in [-0.05, 0) is 48.0 Å². The van der Waals surface area contributed by atoms with E-state index in [0.717, 1.165) is 11.3 Å². The summed E-state index contributed by atoms with van der Waals surface area (Å²) in [5.41, 5.74) is 2.94. The van der Waals surface area contributed by atoms with E-state index in [1.807, 2.05) is 60.7 Å². The van der Waals surface area contributed by atoms with Crippen LogP contribution in [0.5, 0.6) is 0 Å². The van der Waals surface area contributed by atoms with E-state index in [-0.39, 0.29) is 0 Å². The van der Waals surface area contributed by atoms with Gasteiger partial charge in [0.2, 0.25) is 9.70 Å². The van der Waals surface area contributed by atoms with Crippen LogP contribution in [0.25, 0.3) is 6.08 Å². The van der Waals surface area contributed by atoms with Gasteiger partial charge in [0.05, 0.1) is 11.4 Å². The second-order valence-electron chi connectivity index (χ2n) is 6.45. The summed E-state index contributed by atoms with van der Waals surface area (Å²) < 4.78 is -1.78. The molecule has 8 heteroatoms. The molecule has 31 heavy (non-hydrogen) atoms. The molecule has 1 atom stereocenters. The van der Waals surface area contributed by atoms with E-state index in [2.05, 4.69) is 20.9 Å². The zero-order chi connectivity index (χ0) is 22.1. The highest BCUT2D eigenvalue weighted by atomic mass is 35.6. The first-order chi connectivity index (χ1) is 14.9. The van der Waals surface area contributed by atoms with Gasteiger partial charge in [-0.25, -0.2) is 0 Å². The van der Waals surface area contributed by atoms with Crippen LogP contribution in [0.1, 0.15) is 5.56 Å². The lowest BCUT2D eigenvalue weighted by Gasteiger charge is -2.27. The van der Waals surface area contributed by atoms with Gasteiger partial charge >= 0.3 is 0 Å². The van der Waals surface area contributed by atoms with Crippen LogP contribution < -0.4 is 10.6 Å². The Hall–Kier alpha value is -2.86. The van der Waals surface area contributed by atoms with E-state index in [9.17, 15) is 4.79 Å². The van der Waals surface area contributed by atoms with Gasteiger partial charge in [0, 0.05) is 11.8 Å². The standard InChI is InChI=1S/C23H19Cl3N4O/c24-23(25,26)22(28-21(31)16-11-17-7-3-1-4-8-17)27-18-12-14-20(15-13-18)30-29-19-9-5-2-6-10-19/h1-16,22,27H,(H,28,31)/b16-11-,30-29?/t22-/m0/s1. The molecule has 0 aliphatic heterocycles. The van der Waals surface area contributed by atoms with Crippen LogP contribution in [0, 0.1) is 0 Å². The molecule has 0 fully saturated rings. The number of hydrogen-bond donors (Lipinski definition) is 2. The summed E-state index contributed by atoms with van der Waals surface area (Å²) in [6.07, 6.45) is 2.10. The van der Waals surface area contributed by atoms with Crippen LogP contribution >= 0.6 is 34.8 Å². The summed E-state index contributed by atoms with van der Waals surface area (Å²) in [7, 11) is 0. The molecule has 0 saturated heterocycles. The third-order valence-corrected chi connectivity index (χ3v) is 4.71. The molecule has 1 amide bonds. The maximum atomic E-state index is 12.3. The number of carbonyl (C=O) groups is 1. The minimum absolute atomic E-state index is 0.402. The number of rotatable bonds is 7. The molecule has 0 aliphatic rings. The maximum Gasteiger partial charge on any atom is 0.245 e. The van der Waals surface area contributed by atoms with Crippen molar-refractivity contribution >= 4 is 63.8 Å². The maximum absolute atomic E-state index is 12.3. The van der Waals surface area contributed by atoms with Gasteiger partial charge in [-0.3, -0.25) is 4.79 Å². The predicted molar refractivity (Wildman–Crippen MR) is 128 cm³/mol. The second kappa shape index (κ2) is 11.0. The van der Waals surface area contributed by atoms with Crippen molar-refractivity contribution in [2.75, 3.05) is 5.32 Å². The van der Waals surface area contributed by atoms with E-state index >= 15 is 0 Å². The average Bonchev–Trinajstić information content (AvgIpc) is 2.77. The molecule has 3 aromatic carbocycles. The monoisotopic (exact) mass is 472 g/mol. The predicted octanol–water partition coefficient (Wildman–Crippen LogP) is 7.04. The summed E-state index contributed by atoms with van der Waals surface area (Å²) >= 11 is 18.2. The highest BCUT2D eigenvalue weighted by Crippen LogP contribution is 2.31. The Morgan fingerprint density at radius 3 is 1.94 bits per heavy atom. The Morgan fingerprint density at radius 2 is 1.35 bits per heavy atom. The molecule has 0 saturated carbocycles. The van der Waals surface area contributed by atoms with E-state index < -0.39 is 15.9 Å². The van der Waals surface area contributed by atoms with Crippen molar-refractivity contribution in [3.8, 4) is 0 Å². The number of azo groups is 1. The first kappa shape index (κ1) is 22.8. The highest BCUT2D eigenvalue weighted by molar-refractivity contribution is 6.68. The Kier molecular flexibility index (Phi) is 8.06. The van der Waals surface area contributed by atoms with Crippen molar-refractivity contribution in [1.29, 1.82) is 0 Å². The van der Waals surface area contributed by atoms with Crippen LogP contribution in [0.15, 0.2) is 101 Å². The summed E-state index contributed by atoms with van der Waals surface area (Å²) in [5.74, 6) is -0.402. The number of amides is 1. The zero-order valence-corrected chi connectivity index (χ0v) is 18.5. The van der Waals surface area contributed by atoms with Gasteiger partial charge < -0.3 is 10.6 Å². The van der Waals surface area contributed by atoms with Gasteiger partial charge in [-0.2, -0.15) is 10.2 Å². The Morgan fingerprint density at radius 1 is 0.806 bits per heavy atom. The number of hydrogen-bond acceptors (Lipinski definition) is 4. The normalized spacial score (nSPS) is 12.7. The van der Waals surface area contributed by atoms with Gasteiger partial charge in [0.25, 0.3) is 0 Å². The minimum atomic E-state index is -1.78.